The number of hydrogen-bond donors (Lipinski definition) is 1. The fraction of sp³-hybridized carbons (Fsp3) is 0.250. The molecule has 0 radical (unpaired) electrons. The number of phenolic OH excluding ortho intramolecular Hbond substituents is 1. The van der Waals surface area contributed by atoms with Crippen molar-refractivity contribution in [2.24, 2.45) is 0 Å². The second-order valence-electron chi connectivity index (χ2n) is 5.54. The van der Waals surface area contributed by atoms with Gasteiger partial charge in [-0.05, 0) is 48.6 Å². The predicted octanol–water partition coefficient (Wildman–Crippen LogP) is 4.48. The Kier molecular flexibility index (Phi) is 5.41. The second kappa shape index (κ2) is 6.89. The largest absolute Gasteiger partial charge is 0.523 e. The second-order valence-corrected chi connectivity index (χ2v) is 10.2. The Morgan fingerprint density at radius 2 is 1.60 bits per heavy atom. The minimum Gasteiger partial charge on any atom is -0.508 e. The molecular formula is C16H17F3O4S2. The van der Waals surface area contributed by atoms with Crippen LogP contribution in [0.15, 0.2) is 53.4 Å². The number of hydrogen-bond acceptors (Lipinski definition) is 4. The Morgan fingerprint density at radius 3 is 2.12 bits per heavy atom. The molecule has 2 aromatic rings. The maximum Gasteiger partial charge on any atom is 0.523 e. The lowest BCUT2D eigenvalue weighted by Gasteiger charge is -2.35. The van der Waals surface area contributed by atoms with Gasteiger partial charge in [0.1, 0.15) is 5.75 Å². The van der Waals surface area contributed by atoms with Crippen LogP contribution in [0, 0.1) is 6.92 Å². The van der Waals surface area contributed by atoms with Gasteiger partial charge in [-0.2, -0.15) is 21.6 Å². The number of aromatic hydroxyl groups is 1. The maximum absolute atomic E-state index is 12.8. The van der Waals surface area contributed by atoms with Crippen molar-refractivity contribution in [2.45, 2.75) is 23.1 Å². The third kappa shape index (κ3) is 4.47. The summed E-state index contributed by atoms with van der Waals surface area (Å²) in [5, 5.41) is 9.39. The molecule has 0 bridgehead atoms. The van der Waals surface area contributed by atoms with Crippen LogP contribution < -0.4 is 0 Å². The highest BCUT2D eigenvalue weighted by Gasteiger charge is 2.50. The lowest BCUT2D eigenvalue weighted by Crippen LogP contribution is -2.27. The monoisotopic (exact) mass is 394 g/mol. The molecule has 0 saturated heterocycles. The zero-order valence-corrected chi connectivity index (χ0v) is 15.1. The van der Waals surface area contributed by atoms with Crippen LogP contribution in [0.3, 0.4) is 0 Å². The molecule has 0 aliphatic carbocycles. The van der Waals surface area contributed by atoms with Gasteiger partial charge in [-0.15, -0.1) is 0 Å². The van der Waals surface area contributed by atoms with Crippen LogP contribution >= 0.6 is 10.3 Å². The first kappa shape index (κ1) is 19.6. The van der Waals surface area contributed by atoms with E-state index in [1.807, 2.05) is 0 Å². The van der Waals surface area contributed by atoms with Crippen LogP contribution in [-0.4, -0.2) is 25.3 Å². The van der Waals surface area contributed by atoms with E-state index >= 15 is 0 Å². The van der Waals surface area contributed by atoms with E-state index in [2.05, 4.69) is 0 Å². The molecule has 1 N–H and O–H groups in total. The van der Waals surface area contributed by atoms with Gasteiger partial charge >= 0.3 is 15.6 Å². The standard InChI is InChI=1S/C16H17F3O4S2/c1-12-5-3-4-6-13(12)11-24(2,15-9-7-14(20)8-10-15)23-25(21,22)16(17,18)19/h3-10,20H,11H2,1-2H3. The molecular weight excluding hydrogens is 377 g/mol. The van der Waals surface area contributed by atoms with Gasteiger partial charge in [0.25, 0.3) is 0 Å². The van der Waals surface area contributed by atoms with Gasteiger partial charge in [0.05, 0.1) is 0 Å². The molecule has 0 saturated carbocycles. The summed E-state index contributed by atoms with van der Waals surface area (Å²) in [7, 11) is -8.64. The number of halogens is 3. The molecule has 138 valence electrons. The van der Waals surface area contributed by atoms with Crippen molar-refractivity contribution >= 4 is 20.4 Å². The molecule has 0 heterocycles. The first-order valence-corrected chi connectivity index (χ1v) is 10.6. The minimum absolute atomic E-state index is 0.0141. The molecule has 0 amide bonds. The molecule has 9 heteroatoms. The lowest BCUT2D eigenvalue weighted by molar-refractivity contribution is -0.0496. The summed E-state index contributed by atoms with van der Waals surface area (Å²) in [5.74, 6) is -0.0974. The summed E-state index contributed by atoms with van der Waals surface area (Å²) < 4.78 is 66.4. The van der Waals surface area contributed by atoms with Gasteiger partial charge in [-0.3, -0.25) is 0 Å². The Morgan fingerprint density at radius 1 is 1.04 bits per heavy atom. The molecule has 1 unspecified atom stereocenters. The highest BCUT2D eigenvalue weighted by atomic mass is 32.3. The quantitative estimate of drug-likeness (QED) is 0.760. The zero-order valence-electron chi connectivity index (χ0n) is 13.4. The minimum atomic E-state index is -5.77. The van der Waals surface area contributed by atoms with E-state index in [0.717, 1.165) is 5.56 Å². The normalized spacial score (nSPS) is 16.2. The predicted molar refractivity (Wildman–Crippen MR) is 90.8 cm³/mol. The van der Waals surface area contributed by atoms with Crippen molar-refractivity contribution in [2.75, 3.05) is 6.26 Å². The van der Waals surface area contributed by atoms with Crippen molar-refractivity contribution in [1.82, 2.24) is 0 Å². The van der Waals surface area contributed by atoms with Gasteiger partial charge in [0.2, 0.25) is 0 Å². The fourth-order valence-corrected chi connectivity index (χ4v) is 6.38. The number of benzene rings is 2. The topological polar surface area (TPSA) is 63.6 Å². The summed E-state index contributed by atoms with van der Waals surface area (Å²) in [6, 6.07) is 12.3. The van der Waals surface area contributed by atoms with Crippen LogP contribution in [0.1, 0.15) is 11.1 Å². The molecule has 0 fully saturated rings. The van der Waals surface area contributed by atoms with Gasteiger partial charge < -0.3 is 5.11 Å². The maximum atomic E-state index is 12.8. The van der Waals surface area contributed by atoms with Gasteiger partial charge in [0.15, 0.2) is 0 Å². The molecule has 2 aromatic carbocycles. The van der Waals surface area contributed by atoms with E-state index in [9.17, 15) is 26.7 Å². The van der Waals surface area contributed by atoms with E-state index in [-0.39, 0.29) is 16.4 Å². The summed E-state index contributed by atoms with van der Waals surface area (Å²) in [6.07, 6.45) is 1.36. The van der Waals surface area contributed by atoms with Crippen LogP contribution in [0.4, 0.5) is 13.2 Å². The first-order valence-electron chi connectivity index (χ1n) is 7.06. The van der Waals surface area contributed by atoms with Crippen LogP contribution in [0.5, 0.6) is 5.75 Å². The van der Waals surface area contributed by atoms with Crippen molar-refractivity contribution in [3.8, 4) is 5.75 Å². The summed E-state index contributed by atoms with van der Waals surface area (Å²) in [4.78, 5) is 0.279. The average molecular weight is 394 g/mol. The number of alkyl halides is 3. The molecule has 4 nitrogen and oxygen atoms in total. The van der Waals surface area contributed by atoms with Crippen LogP contribution in [-0.2, 0) is 19.5 Å². The highest BCUT2D eigenvalue weighted by Crippen LogP contribution is 2.59. The van der Waals surface area contributed by atoms with Gasteiger partial charge in [-0.1, -0.05) is 34.6 Å². The molecule has 25 heavy (non-hydrogen) atoms. The smallest absolute Gasteiger partial charge is 0.508 e. The third-order valence-corrected chi connectivity index (χ3v) is 8.17. The van der Waals surface area contributed by atoms with Gasteiger partial charge in [-0.25, -0.2) is 3.63 Å². The molecule has 0 aromatic heterocycles. The van der Waals surface area contributed by atoms with E-state index in [1.54, 1.807) is 31.2 Å². The third-order valence-electron chi connectivity index (χ3n) is 3.55. The highest BCUT2D eigenvalue weighted by molar-refractivity contribution is 8.32. The molecule has 0 spiro atoms. The Labute approximate surface area is 145 Å². The van der Waals surface area contributed by atoms with Crippen LogP contribution in [0.25, 0.3) is 0 Å². The van der Waals surface area contributed by atoms with E-state index < -0.39 is 25.9 Å². The Hall–Kier alpha value is -1.71. The average Bonchev–Trinajstić information content (AvgIpc) is 2.48. The molecule has 0 aliphatic rings. The summed E-state index contributed by atoms with van der Waals surface area (Å²) in [6.45, 7) is 1.78. The van der Waals surface area contributed by atoms with E-state index in [4.69, 9.17) is 3.63 Å². The summed E-state index contributed by atoms with van der Waals surface area (Å²) in [5.41, 5.74) is -4.01. The van der Waals surface area contributed by atoms with E-state index in [1.165, 1.54) is 30.5 Å². The Balaban J connectivity index is 2.51. The summed E-state index contributed by atoms with van der Waals surface area (Å²) >= 11 is 0. The number of rotatable bonds is 5. The first-order chi connectivity index (χ1) is 11.4. The number of aryl methyl sites for hydroxylation is 1. The fourth-order valence-electron chi connectivity index (χ4n) is 2.19. The van der Waals surface area contributed by atoms with Crippen molar-refractivity contribution in [1.29, 1.82) is 0 Å². The number of phenols is 1. The molecule has 1 atom stereocenters. The zero-order chi connectivity index (χ0) is 18.9. The van der Waals surface area contributed by atoms with Crippen molar-refractivity contribution in [3.63, 3.8) is 0 Å². The van der Waals surface area contributed by atoms with E-state index in [0.29, 0.717) is 5.56 Å². The van der Waals surface area contributed by atoms with Crippen molar-refractivity contribution < 1.29 is 30.3 Å². The Bertz CT molecular complexity index is 848. The molecule has 2 rings (SSSR count). The molecule has 0 aliphatic heterocycles. The van der Waals surface area contributed by atoms with Gasteiger partial charge in [0, 0.05) is 10.6 Å². The van der Waals surface area contributed by atoms with Crippen LogP contribution in [0.2, 0.25) is 0 Å². The SMILES string of the molecule is Cc1ccccc1CS(C)(OS(=O)(=O)C(F)(F)F)c1ccc(O)cc1. The lowest BCUT2D eigenvalue weighted by atomic mass is 10.1. The van der Waals surface area contributed by atoms with Crippen molar-refractivity contribution in [3.05, 3.63) is 59.7 Å².